The molecular formula is C18H22N2O4S2. The fourth-order valence-electron chi connectivity index (χ4n) is 3.11. The second kappa shape index (κ2) is 7.87. The SMILES string of the molecule is CCc1ccc(C(=O)O)cc1S(=O)(=O)N1CCN(Cc2cccs2)CC1. The number of thiophene rings is 1. The van der Waals surface area contributed by atoms with Crippen LogP contribution < -0.4 is 0 Å². The number of benzene rings is 1. The minimum Gasteiger partial charge on any atom is -0.478 e. The van der Waals surface area contributed by atoms with Gasteiger partial charge in [-0.15, -0.1) is 11.3 Å². The molecule has 0 unspecified atom stereocenters. The molecule has 1 aliphatic heterocycles. The molecule has 6 nitrogen and oxygen atoms in total. The summed E-state index contributed by atoms with van der Waals surface area (Å²) in [4.78, 5) is 14.9. The Morgan fingerprint density at radius 3 is 2.50 bits per heavy atom. The molecule has 2 heterocycles. The Morgan fingerprint density at radius 2 is 1.92 bits per heavy atom. The van der Waals surface area contributed by atoms with Crippen molar-refractivity contribution >= 4 is 27.3 Å². The van der Waals surface area contributed by atoms with E-state index in [1.165, 1.54) is 21.3 Å². The second-order valence-corrected chi connectivity index (χ2v) is 9.18. The second-order valence-electron chi connectivity index (χ2n) is 6.24. The quantitative estimate of drug-likeness (QED) is 0.815. The first-order valence-electron chi connectivity index (χ1n) is 8.53. The average Bonchev–Trinajstić information content (AvgIpc) is 3.14. The van der Waals surface area contributed by atoms with E-state index in [0.717, 1.165) is 6.54 Å². The Morgan fingerprint density at radius 1 is 1.19 bits per heavy atom. The highest BCUT2D eigenvalue weighted by atomic mass is 32.2. The summed E-state index contributed by atoms with van der Waals surface area (Å²) in [5.74, 6) is -1.12. The van der Waals surface area contributed by atoms with Crippen LogP contribution in [0.3, 0.4) is 0 Å². The van der Waals surface area contributed by atoms with Crippen molar-refractivity contribution < 1.29 is 18.3 Å². The van der Waals surface area contributed by atoms with E-state index >= 15 is 0 Å². The zero-order valence-corrected chi connectivity index (χ0v) is 16.2. The van der Waals surface area contributed by atoms with Crippen LogP contribution in [-0.2, 0) is 23.0 Å². The highest BCUT2D eigenvalue weighted by Crippen LogP contribution is 2.24. The minimum absolute atomic E-state index is 0.00268. The summed E-state index contributed by atoms with van der Waals surface area (Å²) in [6.07, 6.45) is 0.535. The largest absolute Gasteiger partial charge is 0.478 e. The fraction of sp³-hybridized carbons (Fsp3) is 0.389. The third-order valence-electron chi connectivity index (χ3n) is 4.60. The topological polar surface area (TPSA) is 77.9 Å². The zero-order valence-electron chi connectivity index (χ0n) is 14.6. The zero-order chi connectivity index (χ0) is 18.7. The number of hydrogen-bond donors (Lipinski definition) is 1. The number of nitrogens with zero attached hydrogens (tertiary/aromatic N) is 2. The molecule has 3 rings (SSSR count). The Hall–Kier alpha value is -1.74. The van der Waals surface area contributed by atoms with Crippen LogP contribution in [0.1, 0.15) is 27.7 Å². The van der Waals surface area contributed by atoms with Crippen LogP contribution in [0, 0.1) is 0 Å². The van der Waals surface area contributed by atoms with E-state index in [4.69, 9.17) is 0 Å². The molecule has 0 amide bonds. The monoisotopic (exact) mass is 394 g/mol. The van der Waals surface area contributed by atoms with Gasteiger partial charge in [0, 0.05) is 37.6 Å². The molecule has 1 fully saturated rings. The number of carboxylic acid groups (broad SMARTS) is 1. The number of carboxylic acids is 1. The highest BCUT2D eigenvalue weighted by molar-refractivity contribution is 7.89. The summed E-state index contributed by atoms with van der Waals surface area (Å²) < 4.78 is 27.6. The average molecular weight is 395 g/mol. The lowest BCUT2D eigenvalue weighted by Crippen LogP contribution is -2.48. The molecule has 1 N–H and O–H groups in total. The number of piperazine rings is 1. The number of hydrogen-bond acceptors (Lipinski definition) is 5. The number of aryl methyl sites for hydroxylation is 1. The lowest BCUT2D eigenvalue weighted by Gasteiger charge is -2.34. The van der Waals surface area contributed by atoms with E-state index in [0.29, 0.717) is 38.2 Å². The first kappa shape index (κ1) is 19.0. The lowest BCUT2D eigenvalue weighted by atomic mass is 10.1. The molecule has 1 aliphatic rings. The van der Waals surface area contributed by atoms with Gasteiger partial charge in [-0.05, 0) is 35.6 Å². The van der Waals surface area contributed by atoms with Crippen LogP contribution in [0.5, 0.6) is 0 Å². The lowest BCUT2D eigenvalue weighted by molar-refractivity contribution is 0.0696. The molecule has 140 valence electrons. The van der Waals surface area contributed by atoms with Gasteiger partial charge < -0.3 is 5.11 Å². The Kier molecular flexibility index (Phi) is 5.76. The van der Waals surface area contributed by atoms with Gasteiger partial charge in [-0.25, -0.2) is 13.2 Å². The molecule has 8 heteroatoms. The van der Waals surface area contributed by atoms with Crippen molar-refractivity contribution in [2.24, 2.45) is 0 Å². The van der Waals surface area contributed by atoms with Crippen molar-refractivity contribution in [1.29, 1.82) is 0 Å². The van der Waals surface area contributed by atoms with Crippen molar-refractivity contribution in [2.45, 2.75) is 24.8 Å². The van der Waals surface area contributed by atoms with Gasteiger partial charge in [0.15, 0.2) is 0 Å². The van der Waals surface area contributed by atoms with Gasteiger partial charge in [0.05, 0.1) is 10.5 Å². The van der Waals surface area contributed by atoms with Crippen molar-refractivity contribution in [3.8, 4) is 0 Å². The summed E-state index contributed by atoms with van der Waals surface area (Å²) in [5.41, 5.74) is 0.646. The summed E-state index contributed by atoms with van der Waals surface area (Å²) in [6.45, 7) is 4.85. The predicted octanol–water partition coefficient (Wildman–Crippen LogP) is 2.52. The van der Waals surface area contributed by atoms with Crippen LogP contribution >= 0.6 is 11.3 Å². The summed E-state index contributed by atoms with van der Waals surface area (Å²) in [6, 6.07) is 8.44. The Bertz CT molecular complexity index is 871. The molecule has 0 saturated carbocycles. The number of sulfonamides is 1. The third kappa shape index (κ3) is 3.98. The van der Waals surface area contributed by atoms with Gasteiger partial charge in [-0.2, -0.15) is 4.31 Å². The van der Waals surface area contributed by atoms with Crippen molar-refractivity contribution in [1.82, 2.24) is 9.21 Å². The molecule has 1 aromatic carbocycles. The first-order valence-corrected chi connectivity index (χ1v) is 10.8. The van der Waals surface area contributed by atoms with E-state index in [1.54, 1.807) is 17.4 Å². The molecule has 2 aromatic rings. The van der Waals surface area contributed by atoms with E-state index in [1.807, 2.05) is 18.4 Å². The summed E-state index contributed by atoms with van der Waals surface area (Å²) in [7, 11) is -3.70. The van der Waals surface area contributed by atoms with Gasteiger partial charge in [0.25, 0.3) is 0 Å². The van der Waals surface area contributed by atoms with Crippen molar-refractivity contribution in [2.75, 3.05) is 26.2 Å². The van der Waals surface area contributed by atoms with Crippen LogP contribution in [-0.4, -0.2) is 54.9 Å². The smallest absolute Gasteiger partial charge is 0.335 e. The van der Waals surface area contributed by atoms with E-state index in [9.17, 15) is 18.3 Å². The molecule has 0 bridgehead atoms. The highest BCUT2D eigenvalue weighted by Gasteiger charge is 2.30. The van der Waals surface area contributed by atoms with E-state index in [-0.39, 0.29) is 10.5 Å². The molecule has 1 aromatic heterocycles. The molecule has 0 aliphatic carbocycles. The molecule has 1 saturated heterocycles. The molecule has 26 heavy (non-hydrogen) atoms. The molecule has 0 spiro atoms. The summed E-state index contributed by atoms with van der Waals surface area (Å²) >= 11 is 1.70. The van der Waals surface area contributed by atoms with Crippen molar-refractivity contribution in [3.63, 3.8) is 0 Å². The normalized spacial score (nSPS) is 16.7. The maximum atomic E-state index is 13.1. The maximum Gasteiger partial charge on any atom is 0.335 e. The molecular weight excluding hydrogens is 372 g/mol. The number of aromatic carboxylic acids is 1. The summed E-state index contributed by atoms with van der Waals surface area (Å²) in [5, 5.41) is 11.2. The van der Waals surface area contributed by atoms with Gasteiger partial charge >= 0.3 is 5.97 Å². The third-order valence-corrected chi connectivity index (χ3v) is 7.45. The first-order chi connectivity index (χ1) is 12.4. The van der Waals surface area contributed by atoms with Gasteiger partial charge in [0.1, 0.15) is 0 Å². The maximum absolute atomic E-state index is 13.1. The van der Waals surface area contributed by atoms with Crippen molar-refractivity contribution in [3.05, 3.63) is 51.7 Å². The molecule has 0 atom stereocenters. The number of rotatable bonds is 6. The van der Waals surface area contributed by atoms with Crippen LogP contribution in [0.4, 0.5) is 0 Å². The van der Waals surface area contributed by atoms with E-state index < -0.39 is 16.0 Å². The Balaban J connectivity index is 1.77. The van der Waals surface area contributed by atoms with Crippen LogP contribution in [0.2, 0.25) is 0 Å². The van der Waals surface area contributed by atoms with Crippen LogP contribution in [0.15, 0.2) is 40.6 Å². The minimum atomic E-state index is -3.70. The Labute approximate surface area is 157 Å². The van der Waals surface area contributed by atoms with Gasteiger partial charge in [-0.3, -0.25) is 4.90 Å². The molecule has 0 radical (unpaired) electrons. The number of carbonyl (C=O) groups is 1. The fourth-order valence-corrected chi connectivity index (χ4v) is 5.60. The van der Waals surface area contributed by atoms with E-state index in [2.05, 4.69) is 11.0 Å². The van der Waals surface area contributed by atoms with Gasteiger partial charge in [-0.1, -0.05) is 19.1 Å². The van der Waals surface area contributed by atoms with Gasteiger partial charge in [0.2, 0.25) is 10.0 Å². The van der Waals surface area contributed by atoms with Crippen LogP contribution in [0.25, 0.3) is 0 Å². The predicted molar refractivity (Wildman–Crippen MR) is 101 cm³/mol. The standard InChI is InChI=1S/C18H22N2O4S2/c1-2-14-5-6-15(18(21)22)12-17(14)26(23,24)20-9-7-19(8-10-20)13-16-4-3-11-25-16/h3-6,11-12H,2,7-10,13H2,1H3,(H,21,22).